The summed E-state index contributed by atoms with van der Waals surface area (Å²) in [4.78, 5) is 15.1. The summed E-state index contributed by atoms with van der Waals surface area (Å²) in [6.07, 6.45) is 3.74. The predicted octanol–water partition coefficient (Wildman–Crippen LogP) is 2.32. The predicted molar refractivity (Wildman–Crippen MR) is 83.0 cm³/mol. The summed E-state index contributed by atoms with van der Waals surface area (Å²) in [5.74, 6) is 1.35. The molecular formula is C18H23FN2O. The van der Waals surface area contributed by atoms with Crippen molar-refractivity contribution in [2.45, 2.75) is 31.1 Å². The molecule has 2 aliphatic heterocycles. The van der Waals surface area contributed by atoms with Crippen LogP contribution in [0.1, 0.15) is 31.2 Å². The molecule has 0 radical (unpaired) electrons. The normalized spacial score (nSPS) is 29.8. The molecule has 1 amide bonds. The van der Waals surface area contributed by atoms with Crippen molar-refractivity contribution in [2.75, 3.05) is 26.2 Å². The lowest BCUT2D eigenvalue weighted by Crippen LogP contribution is -2.40. The topological polar surface area (TPSA) is 32.3 Å². The second-order valence-corrected chi connectivity index (χ2v) is 7.11. The highest BCUT2D eigenvalue weighted by atomic mass is 19.1. The zero-order valence-corrected chi connectivity index (χ0v) is 12.9. The van der Waals surface area contributed by atoms with Gasteiger partial charge in [0.2, 0.25) is 5.91 Å². The Morgan fingerprint density at radius 3 is 2.36 bits per heavy atom. The zero-order valence-electron chi connectivity index (χ0n) is 12.9. The Balaban J connectivity index is 1.53. The van der Waals surface area contributed by atoms with Crippen LogP contribution in [-0.4, -0.2) is 37.0 Å². The number of likely N-dealkylation sites (tertiary alicyclic amines) is 1. The molecule has 3 fully saturated rings. The van der Waals surface area contributed by atoms with Gasteiger partial charge in [0.05, 0.1) is 5.41 Å². The van der Waals surface area contributed by atoms with Crippen LogP contribution in [-0.2, 0) is 10.2 Å². The second kappa shape index (κ2) is 5.34. The molecule has 2 atom stereocenters. The van der Waals surface area contributed by atoms with Crippen LogP contribution in [0.5, 0.6) is 0 Å². The third-order valence-corrected chi connectivity index (χ3v) is 5.86. The van der Waals surface area contributed by atoms with Gasteiger partial charge in [-0.2, -0.15) is 0 Å². The summed E-state index contributed by atoms with van der Waals surface area (Å²) in [6.45, 7) is 3.84. The van der Waals surface area contributed by atoms with Crippen molar-refractivity contribution >= 4 is 5.91 Å². The monoisotopic (exact) mass is 302 g/mol. The molecule has 3 nitrogen and oxygen atoms in total. The van der Waals surface area contributed by atoms with E-state index in [1.165, 1.54) is 6.07 Å². The number of carbonyl (C=O) groups is 1. The van der Waals surface area contributed by atoms with Crippen molar-refractivity contribution in [1.82, 2.24) is 10.2 Å². The van der Waals surface area contributed by atoms with Gasteiger partial charge in [-0.05, 0) is 56.7 Å². The van der Waals surface area contributed by atoms with E-state index in [-0.39, 0.29) is 11.7 Å². The van der Waals surface area contributed by atoms with Crippen molar-refractivity contribution in [2.24, 2.45) is 11.8 Å². The van der Waals surface area contributed by atoms with Gasteiger partial charge >= 0.3 is 0 Å². The number of hydrogen-bond donors (Lipinski definition) is 1. The molecule has 0 aromatic heterocycles. The zero-order chi connectivity index (χ0) is 15.2. The number of benzene rings is 1. The minimum atomic E-state index is -0.566. The lowest BCUT2D eigenvalue weighted by molar-refractivity contribution is -0.134. The number of amides is 1. The highest BCUT2D eigenvalue weighted by Gasteiger charge is 2.54. The first-order chi connectivity index (χ1) is 10.7. The van der Waals surface area contributed by atoms with Gasteiger partial charge in [-0.25, -0.2) is 4.39 Å². The van der Waals surface area contributed by atoms with E-state index in [9.17, 15) is 9.18 Å². The van der Waals surface area contributed by atoms with Crippen molar-refractivity contribution < 1.29 is 9.18 Å². The van der Waals surface area contributed by atoms with Crippen molar-refractivity contribution in [1.29, 1.82) is 0 Å². The van der Waals surface area contributed by atoms with E-state index < -0.39 is 5.41 Å². The van der Waals surface area contributed by atoms with Crippen LogP contribution >= 0.6 is 0 Å². The fourth-order valence-corrected chi connectivity index (χ4v) is 4.30. The Hall–Kier alpha value is -1.42. The van der Waals surface area contributed by atoms with Crippen molar-refractivity contribution in [3.63, 3.8) is 0 Å². The quantitative estimate of drug-likeness (QED) is 0.909. The summed E-state index contributed by atoms with van der Waals surface area (Å²) >= 11 is 0. The van der Waals surface area contributed by atoms with E-state index in [1.807, 2.05) is 11.0 Å². The van der Waals surface area contributed by atoms with Gasteiger partial charge in [-0.1, -0.05) is 18.2 Å². The molecular weight excluding hydrogens is 279 g/mol. The molecule has 3 aliphatic rings. The van der Waals surface area contributed by atoms with Crippen LogP contribution < -0.4 is 5.32 Å². The summed E-state index contributed by atoms with van der Waals surface area (Å²) in [5, 5.41) is 3.46. The van der Waals surface area contributed by atoms with Crippen LogP contribution in [0.15, 0.2) is 24.3 Å². The first kappa shape index (κ1) is 14.2. The minimum absolute atomic E-state index is 0.158. The number of hydrogen-bond acceptors (Lipinski definition) is 2. The van der Waals surface area contributed by atoms with Gasteiger partial charge < -0.3 is 10.2 Å². The van der Waals surface area contributed by atoms with E-state index >= 15 is 0 Å². The first-order valence-corrected chi connectivity index (χ1v) is 8.46. The maximum absolute atomic E-state index is 14.1. The SMILES string of the molecule is O=C(N1CC[C@@H]2CNC[C@@H]2CC1)C1(c2ccccc2F)CC1. The van der Waals surface area contributed by atoms with Crippen LogP contribution in [0.2, 0.25) is 0 Å². The molecule has 0 bridgehead atoms. The average molecular weight is 302 g/mol. The highest BCUT2D eigenvalue weighted by molar-refractivity contribution is 5.91. The van der Waals surface area contributed by atoms with Crippen LogP contribution in [0.4, 0.5) is 4.39 Å². The molecule has 0 unspecified atom stereocenters. The third kappa shape index (κ3) is 2.24. The largest absolute Gasteiger partial charge is 0.342 e. The van der Waals surface area contributed by atoms with Crippen molar-refractivity contribution in [3.8, 4) is 0 Å². The number of halogens is 1. The lowest BCUT2D eigenvalue weighted by Gasteiger charge is -2.27. The highest BCUT2D eigenvalue weighted by Crippen LogP contribution is 2.50. The fraction of sp³-hybridized carbons (Fsp3) is 0.611. The Labute approximate surface area is 130 Å². The molecule has 1 aromatic carbocycles. The summed E-state index contributed by atoms with van der Waals surface area (Å²) < 4.78 is 14.1. The number of nitrogens with one attached hydrogen (secondary N) is 1. The van der Waals surface area contributed by atoms with Crippen LogP contribution in [0.25, 0.3) is 0 Å². The molecule has 118 valence electrons. The molecule has 4 heteroatoms. The van der Waals surface area contributed by atoms with E-state index in [4.69, 9.17) is 0 Å². The Morgan fingerprint density at radius 1 is 1.14 bits per heavy atom. The number of carbonyl (C=O) groups excluding carboxylic acids is 1. The maximum atomic E-state index is 14.1. The number of nitrogens with zero attached hydrogens (tertiary/aromatic N) is 1. The van der Waals surface area contributed by atoms with Gasteiger partial charge in [-0.15, -0.1) is 0 Å². The van der Waals surface area contributed by atoms with Crippen LogP contribution in [0.3, 0.4) is 0 Å². The average Bonchev–Trinajstić information content (AvgIpc) is 3.26. The fourth-order valence-electron chi connectivity index (χ4n) is 4.30. The Morgan fingerprint density at radius 2 is 1.77 bits per heavy atom. The number of rotatable bonds is 2. The molecule has 1 N–H and O–H groups in total. The Kier molecular flexibility index (Phi) is 3.44. The van der Waals surface area contributed by atoms with Gasteiger partial charge in [0.1, 0.15) is 5.82 Å². The molecule has 1 aromatic rings. The van der Waals surface area contributed by atoms with Crippen molar-refractivity contribution in [3.05, 3.63) is 35.6 Å². The molecule has 1 saturated carbocycles. The smallest absolute Gasteiger partial charge is 0.233 e. The molecule has 0 spiro atoms. The van der Waals surface area contributed by atoms with Gasteiger partial charge in [-0.3, -0.25) is 4.79 Å². The minimum Gasteiger partial charge on any atom is -0.342 e. The molecule has 2 heterocycles. The van der Waals surface area contributed by atoms with Gasteiger partial charge in [0, 0.05) is 18.7 Å². The van der Waals surface area contributed by atoms with Gasteiger partial charge in [0.25, 0.3) is 0 Å². The molecule has 1 aliphatic carbocycles. The molecule has 2 saturated heterocycles. The van der Waals surface area contributed by atoms with Gasteiger partial charge in [0.15, 0.2) is 0 Å². The molecule has 4 rings (SSSR count). The van der Waals surface area contributed by atoms with Crippen LogP contribution in [0, 0.1) is 17.7 Å². The Bertz CT molecular complexity index is 570. The van der Waals surface area contributed by atoms with E-state index in [2.05, 4.69) is 5.32 Å². The first-order valence-electron chi connectivity index (χ1n) is 8.46. The molecule has 22 heavy (non-hydrogen) atoms. The second-order valence-electron chi connectivity index (χ2n) is 7.11. The summed E-state index contributed by atoms with van der Waals surface area (Å²) in [6, 6.07) is 6.79. The number of fused-ring (bicyclic) bond motifs is 1. The van der Waals surface area contributed by atoms with E-state index in [1.54, 1.807) is 12.1 Å². The third-order valence-electron chi connectivity index (χ3n) is 5.86. The standard InChI is InChI=1S/C18H23FN2O/c19-16-4-2-1-3-15(16)18(7-8-18)17(22)21-9-5-13-11-20-12-14(13)6-10-21/h1-4,13-14,20H,5-12H2/t13-,14+. The van der Waals surface area contributed by atoms with E-state index in [0.29, 0.717) is 17.4 Å². The lowest BCUT2D eigenvalue weighted by atomic mass is 9.92. The maximum Gasteiger partial charge on any atom is 0.233 e. The van der Waals surface area contributed by atoms with E-state index in [0.717, 1.165) is 51.9 Å². The summed E-state index contributed by atoms with van der Waals surface area (Å²) in [7, 11) is 0. The summed E-state index contributed by atoms with van der Waals surface area (Å²) in [5.41, 5.74) is 0.0365.